The molecule has 1 rings (SSSR count). The van der Waals surface area contributed by atoms with E-state index in [9.17, 15) is 9.59 Å². The minimum absolute atomic E-state index is 0.258. The summed E-state index contributed by atoms with van der Waals surface area (Å²) in [5.74, 6) is -1.71. The first-order valence-electron chi connectivity index (χ1n) is 6.49. The van der Waals surface area contributed by atoms with Crippen LogP contribution in [0.3, 0.4) is 0 Å². The van der Waals surface area contributed by atoms with Gasteiger partial charge in [0.1, 0.15) is 5.92 Å². The number of hydrogen-bond donors (Lipinski definition) is 1. The molecule has 0 aliphatic carbocycles. The summed E-state index contributed by atoms with van der Waals surface area (Å²) in [6.07, 6.45) is 0. The van der Waals surface area contributed by atoms with E-state index in [2.05, 4.69) is 21.2 Å². The SMILES string of the molecule is CCOC(=O)C(C(=O)Nc1ccccc1Br)C(C)(C)C. The number of nitrogens with one attached hydrogen (secondary N) is 1. The van der Waals surface area contributed by atoms with Crippen molar-refractivity contribution in [2.75, 3.05) is 11.9 Å². The average Bonchev–Trinajstić information content (AvgIpc) is 2.30. The van der Waals surface area contributed by atoms with Gasteiger partial charge in [-0.1, -0.05) is 32.9 Å². The van der Waals surface area contributed by atoms with Crippen LogP contribution in [0.15, 0.2) is 28.7 Å². The summed E-state index contributed by atoms with van der Waals surface area (Å²) in [7, 11) is 0. The molecule has 1 atom stereocenters. The number of carbonyl (C=O) groups is 2. The van der Waals surface area contributed by atoms with Gasteiger partial charge in [-0.25, -0.2) is 0 Å². The van der Waals surface area contributed by atoms with E-state index in [0.29, 0.717) is 5.69 Å². The molecule has 5 heteroatoms. The number of carbonyl (C=O) groups excluding carboxylic acids is 2. The number of esters is 1. The molecule has 1 N–H and O–H groups in total. The Morgan fingerprint density at radius 3 is 2.40 bits per heavy atom. The molecule has 0 saturated carbocycles. The van der Waals surface area contributed by atoms with Crippen LogP contribution >= 0.6 is 15.9 Å². The van der Waals surface area contributed by atoms with Gasteiger partial charge in [-0.05, 0) is 40.4 Å². The van der Waals surface area contributed by atoms with Gasteiger partial charge in [0.2, 0.25) is 5.91 Å². The number of para-hydroxylation sites is 1. The Morgan fingerprint density at radius 2 is 1.90 bits per heavy atom. The van der Waals surface area contributed by atoms with Gasteiger partial charge in [0.25, 0.3) is 0 Å². The third-order valence-electron chi connectivity index (χ3n) is 2.78. The fourth-order valence-electron chi connectivity index (χ4n) is 1.85. The predicted octanol–water partition coefficient (Wildman–Crippen LogP) is 3.61. The summed E-state index contributed by atoms with van der Waals surface area (Å²) >= 11 is 3.36. The van der Waals surface area contributed by atoms with E-state index in [1.165, 1.54) is 0 Å². The molecule has 0 heterocycles. The number of halogens is 1. The van der Waals surface area contributed by atoms with Crippen LogP contribution in [0.4, 0.5) is 5.69 Å². The van der Waals surface area contributed by atoms with Crippen LogP contribution in [-0.4, -0.2) is 18.5 Å². The summed E-state index contributed by atoms with van der Waals surface area (Å²) in [6, 6.07) is 7.27. The van der Waals surface area contributed by atoms with E-state index in [1.54, 1.807) is 13.0 Å². The second-order valence-electron chi connectivity index (χ2n) is 5.52. The molecule has 110 valence electrons. The fraction of sp³-hybridized carbons (Fsp3) is 0.467. The summed E-state index contributed by atoms with van der Waals surface area (Å²) in [6.45, 7) is 7.51. The Balaban J connectivity index is 2.95. The zero-order valence-corrected chi connectivity index (χ0v) is 13.8. The molecule has 1 amide bonds. The zero-order valence-electron chi connectivity index (χ0n) is 12.2. The minimum atomic E-state index is -0.852. The van der Waals surface area contributed by atoms with Gasteiger partial charge < -0.3 is 10.1 Å². The molecule has 1 unspecified atom stereocenters. The van der Waals surface area contributed by atoms with E-state index in [-0.39, 0.29) is 12.5 Å². The number of benzene rings is 1. The molecule has 4 nitrogen and oxygen atoms in total. The lowest BCUT2D eigenvalue weighted by Crippen LogP contribution is -2.40. The van der Waals surface area contributed by atoms with Crippen molar-refractivity contribution in [3.8, 4) is 0 Å². The number of ether oxygens (including phenoxy) is 1. The van der Waals surface area contributed by atoms with Gasteiger partial charge in [0, 0.05) is 4.47 Å². The second kappa shape index (κ2) is 6.88. The molecule has 20 heavy (non-hydrogen) atoms. The van der Waals surface area contributed by atoms with Crippen molar-refractivity contribution in [1.29, 1.82) is 0 Å². The topological polar surface area (TPSA) is 55.4 Å². The van der Waals surface area contributed by atoms with Gasteiger partial charge in [-0.15, -0.1) is 0 Å². The molecule has 0 aromatic heterocycles. The van der Waals surface area contributed by atoms with Crippen molar-refractivity contribution >= 4 is 33.5 Å². The summed E-state index contributed by atoms with van der Waals surface area (Å²) in [5.41, 5.74) is 0.119. The zero-order chi connectivity index (χ0) is 15.3. The largest absolute Gasteiger partial charge is 0.465 e. The maximum absolute atomic E-state index is 12.4. The molecular formula is C15H20BrNO3. The lowest BCUT2D eigenvalue weighted by atomic mass is 9.80. The average molecular weight is 342 g/mol. The molecule has 1 aromatic carbocycles. The number of hydrogen-bond acceptors (Lipinski definition) is 3. The maximum atomic E-state index is 12.4. The van der Waals surface area contributed by atoms with E-state index >= 15 is 0 Å². The van der Waals surface area contributed by atoms with Crippen molar-refractivity contribution in [1.82, 2.24) is 0 Å². The van der Waals surface area contributed by atoms with Crippen molar-refractivity contribution in [3.05, 3.63) is 28.7 Å². The highest BCUT2D eigenvalue weighted by Gasteiger charge is 2.39. The van der Waals surface area contributed by atoms with E-state index in [1.807, 2.05) is 39.0 Å². The molecule has 0 aliphatic rings. The van der Waals surface area contributed by atoms with Crippen LogP contribution in [0.1, 0.15) is 27.7 Å². The van der Waals surface area contributed by atoms with Gasteiger partial charge in [0.05, 0.1) is 12.3 Å². The fourth-order valence-corrected chi connectivity index (χ4v) is 2.23. The molecule has 0 radical (unpaired) electrons. The van der Waals surface area contributed by atoms with Gasteiger partial charge in [-0.3, -0.25) is 9.59 Å². The summed E-state index contributed by atoms with van der Waals surface area (Å²) in [5, 5.41) is 2.77. The number of rotatable bonds is 4. The third-order valence-corrected chi connectivity index (χ3v) is 3.47. The standard InChI is InChI=1S/C15H20BrNO3/c1-5-20-14(19)12(15(2,3)4)13(18)17-11-9-7-6-8-10(11)16/h6-9,12H,5H2,1-4H3,(H,17,18). The highest BCUT2D eigenvalue weighted by atomic mass is 79.9. The molecule has 0 bridgehead atoms. The van der Waals surface area contributed by atoms with Gasteiger partial charge in [0.15, 0.2) is 0 Å². The Labute approximate surface area is 128 Å². The van der Waals surface area contributed by atoms with Crippen molar-refractivity contribution in [3.63, 3.8) is 0 Å². The van der Waals surface area contributed by atoms with Crippen molar-refractivity contribution < 1.29 is 14.3 Å². The Kier molecular flexibility index (Phi) is 5.74. The van der Waals surface area contributed by atoms with Crippen LogP contribution in [0.25, 0.3) is 0 Å². The lowest BCUT2D eigenvalue weighted by molar-refractivity contribution is -0.155. The quantitative estimate of drug-likeness (QED) is 0.672. The monoisotopic (exact) mass is 341 g/mol. The van der Waals surface area contributed by atoms with Crippen LogP contribution < -0.4 is 5.32 Å². The number of amides is 1. The van der Waals surface area contributed by atoms with Gasteiger partial charge >= 0.3 is 5.97 Å². The van der Waals surface area contributed by atoms with Crippen LogP contribution in [0, 0.1) is 11.3 Å². The molecule has 0 spiro atoms. The maximum Gasteiger partial charge on any atom is 0.319 e. The predicted molar refractivity (Wildman–Crippen MR) is 82.3 cm³/mol. The first-order chi connectivity index (χ1) is 9.27. The normalized spacial score (nSPS) is 12.7. The van der Waals surface area contributed by atoms with Crippen LogP contribution in [0.2, 0.25) is 0 Å². The van der Waals surface area contributed by atoms with E-state index < -0.39 is 17.3 Å². The summed E-state index contributed by atoms with van der Waals surface area (Å²) < 4.78 is 5.78. The van der Waals surface area contributed by atoms with E-state index in [0.717, 1.165) is 4.47 Å². The minimum Gasteiger partial charge on any atom is -0.465 e. The first kappa shape index (κ1) is 16.7. The van der Waals surface area contributed by atoms with Crippen LogP contribution in [0.5, 0.6) is 0 Å². The van der Waals surface area contributed by atoms with Crippen LogP contribution in [-0.2, 0) is 14.3 Å². The Hall–Kier alpha value is -1.36. The highest BCUT2D eigenvalue weighted by molar-refractivity contribution is 9.10. The lowest BCUT2D eigenvalue weighted by Gasteiger charge is -2.27. The molecule has 0 fully saturated rings. The molecule has 0 saturated heterocycles. The van der Waals surface area contributed by atoms with Gasteiger partial charge in [-0.2, -0.15) is 0 Å². The number of anilines is 1. The smallest absolute Gasteiger partial charge is 0.319 e. The Morgan fingerprint density at radius 1 is 1.30 bits per heavy atom. The van der Waals surface area contributed by atoms with Crippen molar-refractivity contribution in [2.24, 2.45) is 11.3 Å². The summed E-state index contributed by atoms with van der Waals surface area (Å²) in [4.78, 5) is 24.4. The molecular weight excluding hydrogens is 322 g/mol. The third kappa shape index (κ3) is 4.34. The van der Waals surface area contributed by atoms with E-state index in [4.69, 9.17) is 4.74 Å². The molecule has 1 aromatic rings. The Bertz CT molecular complexity index is 494. The highest BCUT2D eigenvalue weighted by Crippen LogP contribution is 2.30. The second-order valence-corrected chi connectivity index (χ2v) is 6.37. The molecule has 0 aliphatic heterocycles. The van der Waals surface area contributed by atoms with Crippen molar-refractivity contribution in [2.45, 2.75) is 27.7 Å². The first-order valence-corrected chi connectivity index (χ1v) is 7.28.